The molecule has 0 aromatic rings. The van der Waals surface area contributed by atoms with Gasteiger partial charge in [0, 0.05) is 18.9 Å². The highest BCUT2D eigenvalue weighted by atomic mass is 16.5. The Labute approximate surface area is 203 Å². The van der Waals surface area contributed by atoms with E-state index in [1.54, 1.807) is 7.11 Å². The van der Waals surface area contributed by atoms with Gasteiger partial charge in [-0.05, 0) is 117 Å². The van der Waals surface area contributed by atoms with E-state index in [1.165, 1.54) is 57.8 Å². The summed E-state index contributed by atoms with van der Waals surface area (Å²) < 4.78 is 5.60. The van der Waals surface area contributed by atoms with Crippen LogP contribution >= 0.6 is 0 Å². The topological polar surface area (TPSA) is 26.3 Å². The van der Waals surface area contributed by atoms with Crippen LogP contribution in [0.4, 0.5) is 0 Å². The molecule has 5 rings (SSSR count). The molecule has 0 radical (unpaired) electrons. The number of Topliss-reactive ketones (excluding diaryl/α,β-unsaturated/α-hetero) is 1. The summed E-state index contributed by atoms with van der Waals surface area (Å²) in [4.78, 5) is 12.9. The Morgan fingerprint density at radius 1 is 0.970 bits per heavy atom. The summed E-state index contributed by atoms with van der Waals surface area (Å²) >= 11 is 0. The smallest absolute Gasteiger partial charge is 0.138 e. The summed E-state index contributed by atoms with van der Waals surface area (Å²) in [5.74, 6) is 3.62. The number of methoxy groups -OCH3 is 1. The molecule has 5 fully saturated rings. The van der Waals surface area contributed by atoms with Crippen molar-refractivity contribution in [1.29, 1.82) is 0 Å². The molecule has 5 aliphatic rings. The van der Waals surface area contributed by atoms with Gasteiger partial charge in [-0.2, -0.15) is 0 Å². The van der Waals surface area contributed by atoms with Crippen molar-refractivity contribution in [1.82, 2.24) is 0 Å². The number of carbonyl (C=O) groups is 1. The molecule has 2 nitrogen and oxygen atoms in total. The van der Waals surface area contributed by atoms with Crippen LogP contribution in [0.25, 0.3) is 0 Å². The van der Waals surface area contributed by atoms with Crippen molar-refractivity contribution in [2.75, 3.05) is 7.11 Å². The quantitative estimate of drug-likeness (QED) is 0.393. The minimum Gasteiger partial charge on any atom is -0.375 e. The Balaban J connectivity index is 1.38. The van der Waals surface area contributed by atoms with Gasteiger partial charge < -0.3 is 4.74 Å². The van der Waals surface area contributed by atoms with Crippen molar-refractivity contribution in [2.45, 2.75) is 118 Å². The Hall–Kier alpha value is -0.630. The number of hydrogen-bond donors (Lipinski definition) is 0. The normalized spacial score (nSPS) is 49.2. The van der Waals surface area contributed by atoms with Crippen LogP contribution in [0, 0.1) is 50.7 Å². The zero-order valence-electron chi connectivity index (χ0n) is 22.9. The third kappa shape index (κ3) is 2.98. The van der Waals surface area contributed by atoms with Gasteiger partial charge in [0.2, 0.25) is 0 Å². The van der Waals surface area contributed by atoms with E-state index < -0.39 is 0 Å². The van der Waals surface area contributed by atoms with Crippen molar-refractivity contribution in [2.24, 2.45) is 50.7 Å². The molecule has 0 N–H and O–H groups in total. The first-order valence-electron chi connectivity index (χ1n) is 14.1. The van der Waals surface area contributed by atoms with Gasteiger partial charge in [0.1, 0.15) is 5.78 Å². The molecular formula is C31H50O2. The molecule has 1 unspecified atom stereocenters. The summed E-state index contributed by atoms with van der Waals surface area (Å²) in [5.41, 5.74) is 1.73. The van der Waals surface area contributed by atoms with Crippen LogP contribution in [0.5, 0.6) is 0 Å². The highest BCUT2D eigenvalue weighted by molar-refractivity contribution is 5.86. The van der Waals surface area contributed by atoms with Crippen LogP contribution in [-0.2, 0) is 9.53 Å². The van der Waals surface area contributed by atoms with Gasteiger partial charge >= 0.3 is 0 Å². The first-order valence-corrected chi connectivity index (χ1v) is 14.1. The average Bonchev–Trinajstić information content (AvgIpc) is 3.33. The fraction of sp³-hybridized carbons (Fsp3) is 0.903. The third-order valence-corrected chi connectivity index (χ3v) is 13.2. The fourth-order valence-corrected chi connectivity index (χ4v) is 10.9. The predicted octanol–water partition coefficient (Wildman–Crippen LogP) is 8.00. The van der Waals surface area contributed by atoms with E-state index in [4.69, 9.17) is 4.74 Å². The fourth-order valence-electron chi connectivity index (χ4n) is 10.9. The number of allylic oxidation sites excluding steroid dienone is 1. The number of fused-ring (bicyclic) bond motifs is 2. The molecule has 5 saturated carbocycles. The van der Waals surface area contributed by atoms with Gasteiger partial charge in [0.05, 0.1) is 5.60 Å². The lowest BCUT2D eigenvalue weighted by Crippen LogP contribution is -2.57. The average molecular weight is 455 g/mol. The molecule has 0 aromatic carbocycles. The van der Waals surface area contributed by atoms with Gasteiger partial charge in [-0.1, -0.05) is 46.8 Å². The first kappa shape index (κ1) is 24.1. The second-order valence-electron chi connectivity index (χ2n) is 14.7. The predicted molar refractivity (Wildman–Crippen MR) is 136 cm³/mol. The van der Waals surface area contributed by atoms with Gasteiger partial charge in [0.15, 0.2) is 0 Å². The van der Waals surface area contributed by atoms with Crippen LogP contribution in [-0.4, -0.2) is 18.5 Å². The second-order valence-corrected chi connectivity index (χ2v) is 14.7. The third-order valence-electron chi connectivity index (χ3n) is 13.2. The molecule has 0 heterocycles. The molecule has 8 atom stereocenters. The van der Waals surface area contributed by atoms with Crippen molar-refractivity contribution in [3.8, 4) is 0 Å². The molecule has 2 spiro atoms. The zero-order chi connectivity index (χ0) is 24.1. The summed E-state index contributed by atoms with van der Waals surface area (Å²) in [6.07, 6.45) is 17.6. The summed E-state index contributed by atoms with van der Waals surface area (Å²) in [6.45, 7) is 16.8. The van der Waals surface area contributed by atoms with E-state index in [1.807, 2.05) is 0 Å². The van der Waals surface area contributed by atoms with Crippen molar-refractivity contribution in [3.05, 3.63) is 12.2 Å². The minimum absolute atomic E-state index is 0.0938. The Kier molecular flexibility index (Phi) is 5.26. The van der Waals surface area contributed by atoms with Gasteiger partial charge in [0.25, 0.3) is 0 Å². The minimum atomic E-state index is -0.168. The molecule has 5 aliphatic carbocycles. The molecule has 186 valence electrons. The van der Waals surface area contributed by atoms with Gasteiger partial charge in [-0.15, -0.1) is 0 Å². The lowest BCUT2D eigenvalue weighted by molar-refractivity contribution is -0.156. The maximum Gasteiger partial charge on any atom is 0.138 e. The molecule has 0 aromatic heterocycles. The van der Waals surface area contributed by atoms with E-state index in [9.17, 15) is 4.79 Å². The maximum atomic E-state index is 12.9. The molecule has 0 amide bonds. The summed E-state index contributed by atoms with van der Waals surface area (Å²) in [6, 6.07) is 0. The Morgan fingerprint density at radius 2 is 1.64 bits per heavy atom. The van der Waals surface area contributed by atoms with E-state index >= 15 is 0 Å². The van der Waals surface area contributed by atoms with Crippen LogP contribution in [0.1, 0.15) is 113 Å². The molecule has 0 bridgehead atoms. The largest absolute Gasteiger partial charge is 0.375 e. The lowest BCUT2D eigenvalue weighted by Gasteiger charge is -2.62. The highest BCUT2D eigenvalue weighted by Gasteiger charge is 2.82. The standard InChI is InChI=1S/C31H50O2/c1-21(10-9-15-26(2,3)33-8)22-13-16-29(7)24-12-11-23-27(4,5)25(32)14-17-30(23)20-31(24,30)19-18-28(22,29)6/h9,15,21-24H,10-14,16-20H2,1-8H3/b15-9+/t21-,22-,23?,24+,28-,29+,30-,31+/m1/s1. The van der Waals surface area contributed by atoms with Gasteiger partial charge in [-0.25, -0.2) is 0 Å². The highest BCUT2D eigenvalue weighted by Crippen LogP contribution is 2.88. The van der Waals surface area contributed by atoms with E-state index in [0.29, 0.717) is 33.4 Å². The zero-order valence-corrected chi connectivity index (χ0v) is 22.9. The molecule has 0 saturated heterocycles. The van der Waals surface area contributed by atoms with Crippen LogP contribution in [0.3, 0.4) is 0 Å². The number of ether oxygens (including phenoxy) is 1. The van der Waals surface area contributed by atoms with Gasteiger partial charge in [-0.3, -0.25) is 4.79 Å². The van der Waals surface area contributed by atoms with Crippen LogP contribution in [0.15, 0.2) is 12.2 Å². The molecule has 0 aliphatic heterocycles. The van der Waals surface area contributed by atoms with Crippen molar-refractivity contribution < 1.29 is 9.53 Å². The summed E-state index contributed by atoms with van der Waals surface area (Å²) in [5, 5.41) is 0. The first-order chi connectivity index (χ1) is 15.3. The number of ketones is 1. The Bertz CT molecular complexity index is 853. The van der Waals surface area contributed by atoms with Crippen LogP contribution < -0.4 is 0 Å². The monoisotopic (exact) mass is 454 g/mol. The van der Waals surface area contributed by atoms with E-state index in [-0.39, 0.29) is 11.0 Å². The lowest BCUT2D eigenvalue weighted by atomic mass is 9.42. The number of carbonyl (C=O) groups excluding carboxylic acids is 1. The SMILES string of the molecule is COC(C)(C)/C=C/C[C@@H](C)[C@H]1CC[C@@]2(C)[C@@H]3CCC4C(C)(C)C(=O)CC[C@@]45C[C@@]35CC[C@]12C. The summed E-state index contributed by atoms with van der Waals surface area (Å²) in [7, 11) is 1.80. The van der Waals surface area contributed by atoms with Crippen LogP contribution in [0.2, 0.25) is 0 Å². The second kappa shape index (κ2) is 7.21. The maximum absolute atomic E-state index is 12.9. The number of rotatable bonds is 5. The molecule has 33 heavy (non-hydrogen) atoms. The van der Waals surface area contributed by atoms with E-state index in [2.05, 4.69) is 60.6 Å². The molecular weight excluding hydrogens is 404 g/mol. The van der Waals surface area contributed by atoms with E-state index in [0.717, 1.165) is 24.2 Å². The molecule has 2 heteroatoms. The number of hydrogen-bond acceptors (Lipinski definition) is 2. The van der Waals surface area contributed by atoms with Crippen molar-refractivity contribution >= 4 is 5.78 Å². The Morgan fingerprint density at radius 3 is 2.33 bits per heavy atom. The van der Waals surface area contributed by atoms with Crippen molar-refractivity contribution in [3.63, 3.8) is 0 Å².